The van der Waals surface area contributed by atoms with E-state index in [1.54, 1.807) is 11.7 Å². The summed E-state index contributed by atoms with van der Waals surface area (Å²) in [7, 11) is 3.75. The van der Waals surface area contributed by atoms with Crippen LogP contribution in [0.2, 0.25) is 0 Å². The summed E-state index contributed by atoms with van der Waals surface area (Å²) in [6.45, 7) is 8.45. The predicted molar refractivity (Wildman–Crippen MR) is 114 cm³/mol. The number of nitrogens with one attached hydrogen (secondary N) is 2. The number of aryl methyl sites for hydroxylation is 4. The molecule has 3 rings (SSSR count). The minimum atomic E-state index is 0.0260. The maximum absolute atomic E-state index is 12.4. The van der Waals surface area contributed by atoms with Crippen LogP contribution in [0, 0.1) is 13.8 Å². The molecular weight excluding hydrogens is 368 g/mol. The third-order valence-corrected chi connectivity index (χ3v) is 5.65. The van der Waals surface area contributed by atoms with Crippen molar-refractivity contribution in [2.24, 2.45) is 12.0 Å². The van der Waals surface area contributed by atoms with Crippen molar-refractivity contribution in [1.29, 1.82) is 0 Å². The fraction of sp³-hybridized carbons (Fsp3) is 0.700. The molecule has 2 N–H and O–H groups in total. The average molecular weight is 403 g/mol. The molecule has 0 aliphatic carbocycles. The molecule has 0 saturated carbocycles. The standard InChI is InChI=1S/C20H34N8O/c1-14(13-17-15(2)24-26(5)16(17)3)23-19(21-4)22-10-8-12-28-20(29)27-11-7-6-9-18(27)25-28/h14H,6-13H2,1-5H3,(H2,21,22,23). The Balaban J connectivity index is 1.46. The molecule has 0 aromatic carbocycles. The molecule has 9 heteroatoms. The lowest BCUT2D eigenvalue weighted by Crippen LogP contribution is -2.43. The minimum absolute atomic E-state index is 0.0260. The topological polar surface area (TPSA) is 94.1 Å². The van der Waals surface area contributed by atoms with E-state index >= 15 is 0 Å². The molecule has 1 aliphatic heterocycles. The van der Waals surface area contributed by atoms with Gasteiger partial charge in [-0.05, 0) is 52.0 Å². The monoisotopic (exact) mass is 402 g/mol. The molecule has 1 atom stereocenters. The molecule has 0 fully saturated rings. The van der Waals surface area contributed by atoms with E-state index < -0.39 is 0 Å². The van der Waals surface area contributed by atoms with Crippen LogP contribution in [0.1, 0.15) is 49.0 Å². The van der Waals surface area contributed by atoms with Gasteiger partial charge in [-0.1, -0.05) is 0 Å². The van der Waals surface area contributed by atoms with Crippen LogP contribution in [0.3, 0.4) is 0 Å². The van der Waals surface area contributed by atoms with Crippen molar-refractivity contribution in [3.05, 3.63) is 33.3 Å². The molecule has 1 aliphatic rings. The third-order valence-electron chi connectivity index (χ3n) is 5.65. The Morgan fingerprint density at radius 3 is 2.72 bits per heavy atom. The van der Waals surface area contributed by atoms with E-state index in [0.717, 1.165) is 62.7 Å². The molecule has 29 heavy (non-hydrogen) atoms. The Morgan fingerprint density at radius 2 is 2.07 bits per heavy atom. The Morgan fingerprint density at radius 1 is 1.28 bits per heavy atom. The van der Waals surface area contributed by atoms with Crippen LogP contribution in [0.15, 0.2) is 9.79 Å². The molecule has 0 spiro atoms. The summed E-state index contributed by atoms with van der Waals surface area (Å²) in [5.74, 6) is 1.70. The van der Waals surface area contributed by atoms with Crippen LogP contribution in [-0.4, -0.2) is 49.7 Å². The number of fused-ring (bicyclic) bond motifs is 1. The lowest BCUT2D eigenvalue weighted by Gasteiger charge is -2.18. The van der Waals surface area contributed by atoms with Crippen molar-refractivity contribution in [2.75, 3.05) is 13.6 Å². The van der Waals surface area contributed by atoms with Gasteiger partial charge in [-0.25, -0.2) is 9.48 Å². The van der Waals surface area contributed by atoms with E-state index in [1.165, 1.54) is 11.3 Å². The summed E-state index contributed by atoms with van der Waals surface area (Å²) >= 11 is 0. The number of hydrogen-bond acceptors (Lipinski definition) is 4. The second-order valence-corrected chi connectivity index (χ2v) is 7.91. The van der Waals surface area contributed by atoms with E-state index in [4.69, 9.17) is 0 Å². The van der Waals surface area contributed by atoms with E-state index in [-0.39, 0.29) is 11.7 Å². The molecule has 3 heterocycles. The minimum Gasteiger partial charge on any atom is -0.356 e. The fourth-order valence-electron chi connectivity index (χ4n) is 3.93. The summed E-state index contributed by atoms with van der Waals surface area (Å²) in [6.07, 6.45) is 4.80. The normalized spacial score (nSPS) is 15.3. The van der Waals surface area contributed by atoms with E-state index in [1.807, 2.05) is 16.3 Å². The van der Waals surface area contributed by atoms with Gasteiger partial charge in [0.25, 0.3) is 0 Å². The van der Waals surface area contributed by atoms with Crippen LogP contribution < -0.4 is 16.3 Å². The van der Waals surface area contributed by atoms with Gasteiger partial charge in [-0.3, -0.25) is 14.2 Å². The summed E-state index contributed by atoms with van der Waals surface area (Å²) in [5.41, 5.74) is 3.59. The largest absolute Gasteiger partial charge is 0.356 e. The van der Waals surface area contributed by atoms with Gasteiger partial charge in [0, 0.05) is 51.9 Å². The third kappa shape index (κ3) is 4.89. The van der Waals surface area contributed by atoms with E-state index in [2.05, 4.69) is 46.6 Å². The first-order valence-corrected chi connectivity index (χ1v) is 10.5. The summed E-state index contributed by atoms with van der Waals surface area (Å²) in [5, 5.41) is 15.8. The van der Waals surface area contributed by atoms with Gasteiger partial charge < -0.3 is 10.6 Å². The highest BCUT2D eigenvalue weighted by atomic mass is 16.2. The zero-order chi connectivity index (χ0) is 21.0. The fourth-order valence-corrected chi connectivity index (χ4v) is 3.93. The van der Waals surface area contributed by atoms with Crippen LogP contribution in [0.25, 0.3) is 0 Å². The van der Waals surface area contributed by atoms with E-state index in [0.29, 0.717) is 6.54 Å². The zero-order valence-corrected chi connectivity index (χ0v) is 18.3. The Bertz CT molecular complexity index is 920. The number of guanidine groups is 1. The molecule has 9 nitrogen and oxygen atoms in total. The van der Waals surface area contributed by atoms with Gasteiger partial charge >= 0.3 is 5.69 Å². The van der Waals surface area contributed by atoms with Crippen LogP contribution in [-0.2, 0) is 33.0 Å². The van der Waals surface area contributed by atoms with E-state index in [9.17, 15) is 4.79 Å². The highest BCUT2D eigenvalue weighted by Gasteiger charge is 2.16. The number of aliphatic imine (C=N–C) groups is 1. The van der Waals surface area contributed by atoms with Crippen molar-refractivity contribution in [3.8, 4) is 0 Å². The number of rotatable bonds is 7. The van der Waals surface area contributed by atoms with Crippen molar-refractivity contribution in [2.45, 2.75) is 72.0 Å². The van der Waals surface area contributed by atoms with Gasteiger partial charge in [-0.15, -0.1) is 0 Å². The second kappa shape index (κ2) is 9.28. The van der Waals surface area contributed by atoms with Crippen LogP contribution in [0.4, 0.5) is 0 Å². The molecule has 1 unspecified atom stereocenters. The molecule has 0 bridgehead atoms. The van der Waals surface area contributed by atoms with Crippen molar-refractivity contribution < 1.29 is 0 Å². The van der Waals surface area contributed by atoms with Gasteiger partial charge in [-0.2, -0.15) is 10.2 Å². The first kappa shape index (κ1) is 21.1. The predicted octanol–water partition coefficient (Wildman–Crippen LogP) is 0.918. The molecule has 0 saturated heterocycles. The first-order valence-electron chi connectivity index (χ1n) is 10.5. The quantitative estimate of drug-likeness (QED) is 0.408. The van der Waals surface area contributed by atoms with Gasteiger partial charge in [0.15, 0.2) is 5.96 Å². The highest BCUT2D eigenvalue weighted by Crippen LogP contribution is 2.14. The van der Waals surface area contributed by atoms with Crippen LogP contribution in [0.5, 0.6) is 0 Å². The average Bonchev–Trinajstić information content (AvgIpc) is 3.15. The number of hydrogen-bond donors (Lipinski definition) is 2. The van der Waals surface area contributed by atoms with Crippen molar-refractivity contribution >= 4 is 5.96 Å². The van der Waals surface area contributed by atoms with Crippen molar-refractivity contribution in [3.63, 3.8) is 0 Å². The van der Waals surface area contributed by atoms with Crippen molar-refractivity contribution in [1.82, 2.24) is 34.8 Å². The Hall–Kier alpha value is -2.58. The van der Waals surface area contributed by atoms with Gasteiger partial charge in [0.1, 0.15) is 5.82 Å². The molecule has 160 valence electrons. The number of nitrogens with zero attached hydrogens (tertiary/aromatic N) is 6. The molecule has 0 radical (unpaired) electrons. The molecule has 2 aromatic heterocycles. The lowest BCUT2D eigenvalue weighted by molar-refractivity contribution is 0.509. The lowest BCUT2D eigenvalue weighted by atomic mass is 10.1. The maximum atomic E-state index is 12.4. The maximum Gasteiger partial charge on any atom is 0.345 e. The Labute approximate surface area is 172 Å². The summed E-state index contributed by atoms with van der Waals surface area (Å²) in [6, 6.07) is 0.227. The molecule has 0 amide bonds. The summed E-state index contributed by atoms with van der Waals surface area (Å²) < 4.78 is 5.36. The second-order valence-electron chi connectivity index (χ2n) is 7.91. The van der Waals surface area contributed by atoms with Crippen LogP contribution >= 0.6 is 0 Å². The molecular formula is C20H34N8O. The summed E-state index contributed by atoms with van der Waals surface area (Å²) in [4.78, 5) is 16.7. The number of aromatic nitrogens is 5. The Kier molecular flexibility index (Phi) is 6.76. The smallest absolute Gasteiger partial charge is 0.345 e. The SMILES string of the molecule is CN=C(NCCCn1nc2n(c1=O)CCCC2)NC(C)Cc1c(C)nn(C)c1C. The van der Waals surface area contributed by atoms with Gasteiger partial charge in [0.2, 0.25) is 0 Å². The molecule has 2 aromatic rings. The highest BCUT2D eigenvalue weighted by molar-refractivity contribution is 5.79. The zero-order valence-electron chi connectivity index (χ0n) is 18.3. The van der Waals surface area contributed by atoms with Gasteiger partial charge in [0.05, 0.1) is 5.69 Å². The first-order chi connectivity index (χ1) is 13.9.